The molecule has 0 fully saturated rings. The Bertz CT molecular complexity index is 24.7. The molecule has 0 aromatic carbocycles. The molecule has 2 heteroatoms. The topological polar surface area (TPSA) is 40.5 Å². The van der Waals surface area contributed by atoms with Crippen molar-refractivity contribution in [2.24, 2.45) is 0 Å². The Balaban J connectivity index is 2.75. The maximum absolute atomic E-state index is 8.23. The van der Waals surface area contributed by atoms with Gasteiger partial charge in [-0.05, 0) is 13.3 Å². The van der Waals surface area contributed by atoms with Crippen molar-refractivity contribution in [1.82, 2.24) is 0 Å². The summed E-state index contributed by atoms with van der Waals surface area (Å²) in [6.45, 7) is 6.10. The number of hydrogen-bond acceptors (Lipinski definition) is 2. The average molecular weight is 87.1 g/mol. The molecule has 2 N–H and O–H groups in total. The van der Waals surface area contributed by atoms with Gasteiger partial charge < -0.3 is 10.2 Å². The van der Waals surface area contributed by atoms with Crippen molar-refractivity contribution in [3.63, 3.8) is 0 Å². The van der Waals surface area contributed by atoms with Crippen LogP contribution < -0.4 is 0 Å². The lowest BCUT2D eigenvalue weighted by atomic mass is 10.3. The minimum absolute atomic E-state index is 0.115. The summed E-state index contributed by atoms with van der Waals surface area (Å²) in [5.41, 5.74) is 0. The largest absolute Gasteiger partial charge is 0.394 e. The molecule has 0 saturated carbocycles. The lowest BCUT2D eigenvalue weighted by Gasteiger charge is -1.97. The van der Waals surface area contributed by atoms with Crippen molar-refractivity contribution in [2.75, 3.05) is 6.61 Å². The van der Waals surface area contributed by atoms with Crippen LogP contribution in [0.25, 0.3) is 0 Å². The molecule has 0 aliphatic heterocycles. The van der Waals surface area contributed by atoms with Crippen LogP contribution in [-0.4, -0.2) is 22.9 Å². The van der Waals surface area contributed by atoms with E-state index in [1.807, 2.05) is 0 Å². The first-order valence-electron chi connectivity index (χ1n) is 1.74. The van der Waals surface area contributed by atoms with E-state index >= 15 is 0 Å². The molecular formula is C4H7O2. The fraction of sp³-hybridized carbons (Fsp3) is 0.750. The van der Waals surface area contributed by atoms with E-state index in [4.69, 9.17) is 17.1 Å². The highest BCUT2D eigenvalue weighted by atomic mass is 16.3. The summed E-state index contributed by atoms with van der Waals surface area (Å²) in [6.07, 6.45) is -0.957. The van der Waals surface area contributed by atoms with Crippen LogP contribution in [0.3, 0.4) is 0 Å². The van der Waals surface area contributed by atoms with Gasteiger partial charge in [0.15, 0.2) is 0 Å². The molecule has 0 aromatic heterocycles. The molecule has 0 saturated heterocycles. The molecule has 0 aromatic rings. The molecule has 3 radical (unpaired) electrons. The maximum Gasteiger partial charge on any atom is 0.0776 e. The molecule has 0 amide bonds. The molecule has 1 atom stereocenters. The Morgan fingerprint density at radius 1 is 1.67 bits per heavy atom. The maximum atomic E-state index is 8.23. The van der Waals surface area contributed by atoms with Crippen LogP contribution in [0.1, 0.15) is 6.42 Å². The van der Waals surface area contributed by atoms with Crippen molar-refractivity contribution in [3.05, 3.63) is 6.92 Å². The Morgan fingerprint density at radius 2 is 2.17 bits per heavy atom. The number of aliphatic hydroxyl groups is 2. The first-order valence-corrected chi connectivity index (χ1v) is 1.74. The van der Waals surface area contributed by atoms with Crippen LogP contribution in [-0.2, 0) is 0 Å². The first kappa shape index (κ1) is 5.92. The molecule has 2 nitrogen and oxygen atoms in total. The van der Waals surface area contributed by atoms with E-state index in [1.165, 1.54) is 0 Å². The molecule has 35 valence electrons. The summed E-state index contributed by atoms with van der Waals surface area (Å²) in [6, 6.07) is 0. The lowest BCUT2D eigenvalue weighted by molar-refractivity contribution is 0.0971. The van der Waals surface area contributed by atoms with Gasteiger partial charge in [-0.25, -0.2) is 0 Å². The standard InChI is InChI=1S/C4H7O2/c1-2-4(6)3-5/h4-6H,2-3H2. The zero-order chi connectivity index (χ0) is 4.99. The molecule has 0 aliphatic carbocycles. The highest BCUT2D eigenvalue weighted by Gasteiger charge is 1.92. The van der Waals surface area contributed by atoms with Gasteiger partial charge in [-0.1, -0.05) is 0 Å². The highest BCUT2D eigenvalue weighted by Crippen LogP contribution is 1.82. The molecule has 1 unspecified atom stereocenters. The van der Waals surface area contributed by atoms with Gasteiger partial charge in [0.2, 0.25) is 0 Å². The summed E-state index contributed by atoms with van der Waals surface area (Å²) in [5.74, 6) is 0. The van der Waals surface area contributed by atoms with Gasteiger partial charge in [0.1, 0.15) is 0 Å². The van der Waals surface area contributed by atoms with Gasteiger partial charge in [-0.15, -0.1) is 0 Å². The number of hydrogen-bond donors (Lipinski definition) is 2. The minimum Gasteiger partial charge on any atom is -0.394 e. The SMILES string of the molecule is [C]CC(O)CO. The van der Waals surface area contributed by atoms with Crippen LogP contribution in [0.5, 0.6) is 0 Å². The van der Waals surface area contributed by atoms with Crippen molar-refractivity contribution in [1.29, 1.82) is 0 Å². The fourth-order valence-electron chi connectivity index (χ4n) is 0.0645. The molecule has 0 rings (SSSR count). The second-order valence-corrected chi connectivity index (χ2v) is 1.04. The average Bonchev–Trinajstić information content (AvgIpc) is 1.65. The van der Waals surface area contributed by atoms with Crippen LogP contribution >= 0.6 is 0 Å². The molecule has 0 bridgehead atoms. The second-order valence-electron chi connectivity index (χ2n) is 1.04. The van der Waals surface area contributed by atoms with E-state index in [-0.39, 0.29) is 13.0 Å². The third-order valence-corrected chi connectivity index (χ3v) is 0.446. The zero-order valence-corrected chi connectivity index (χ0v) is 3.39. The highest BCUT2D eigenvalue weighted by molar-refractivity contribution is 4.51. The summed E-state index contributed by atoms with van der Waals surface area (Å²) >= 11 is 0. The van der Waals surface area contributed by atoms with Crippen LogP contribution in [0.2, 0.25) is 0 Å². The molecule has 0 spiro atoms. The van der Waals surface area contributed by atoms with E-state index in [1.54, 1.807) is 0 Å². The van der Waals surface area contributed by atoms with E-state index in [2.05, 4.69) is 0 Å². The summed E-state index contributed by atoms with van der Waals surface area (Å²) in [5, 5.41) is 16.2. The lowest BCUT2D eigenvalue weighted by Crippen LogP contribution is -2.08. The smallest absolute Gasteiger partial charge is 0.0776 e. The van der Waals surface area contributed by atoms with Crippen LogP contribution in [0.4, 0.5) is 0 Å². The second kappa shape index (κ2) is 3.12. The van der Waals surface area contributed by atoms with E-state index < -0.39 is 6.10 Å². The Labute approximate surface area is 37.4 Å². The monoisotopic (exact) mass is 87.0 g/mol. The minimum atomic E-state index is -0.843. The van der Waals surface area contributed by atoms with Crippen LogP contribution in [0.15, 0.2) is 0 Å². The zero-order valence-electron chi connectivity index (χ0n) is 3.39. The predicted octanol–water partition coefficient (Wildman–Crippen LogP) is -0.682. The van der Waals surface area contributed by atoms with Crippen LogP contribution in [0, 0.1) is 6.92 Å². The quantitative estimate of drug-likeness (QED) is 0.468. The van der Waals surface area contributed by atoms with E-state index in [0.717, 1.165) is 0 Å². The molecule has 0 aliphatic rings. The van der Waals surface area contributed by atoms with Crippen molar-refractivity contribution < 1.29 is 10.2 Å². The predicted molar refractivity (Wildman–Crippen MR) is 21.0 cm³/mol. The Hall–Kier alpha value is -0.0800. The Morgan fingerprint density at radius 3 is 2.17 bits per heavy atom. The Kier molecular flexibility index (Phi) is 3.08. The molecule has 0 heterocycles. The third kappa shape index (κ3) is 2.18. The van der Waals surface area contributed by atoms with E-state index in [9.17, 15) is 0 Å². The van der Waals surface area contributed by atoms with Gasteiger partial charge in [-0.2, -0.15) is 0 Å². The van der Waals surface area contributed by atoms with Crippen molar-refractivity contribution >= 4 is 0 Å². The number of rotatable bonds is 2. The van der Waals surface area contributed by atoms with Crippen molar-refractivity contribution in [2.45, 2.75) is 12.5 Å². The summed E-state index contributed by atoms with van der Waals surface area (Å²) < 4.78 is 0. The van der Waals surface area contributed by atoms with Gasteiger partial charge in [0.05, 0.1) is 12.7 Å². The fourth-order valence-corrected chi connectivity index (χ4v) is 0.0645. The van der Waals surface area contributed by atoms with Gasteiger partial charge in [-0.3, -0.25) is 0 Å². The van der Waals surface area contributed by atoms with E-state index in [0.29, 0.717) is 0 Å². The van der Waals surface area contributed by atoms with Gasteiger partial charge in [0, 0.05) is 0 Å². The van der Waals surface area contributed by atoms with Crippen molar-refractivity contribution in [3.8, 4) is 0 Å². The number of aliphatic hydroxyl groups excluding tert-OH is 2. The molecular weight excluding hydrogens is 80.0 g/mol. The normalized spacial score (nSPS) is 14.5. The molecule has 6 heavy (non-hydrogen) atoms. The summed E-state index contributed by atoms with van der Waals surface area (Å²) in [7, 11) is 0. The van der Waals surface area contributed by atoms with Gasteiger partial charge >= 0.3 is 0 Å². The summed E-state index contributed by atoms with van der Waals surface area (Å²) in [4.78, 5) is 0. The third-order valence-electron chi connectivity index (χ3n) is 0.446. The first-order chi connectivity index (χ1) is 2.81. The van der Waals surface area contributed by atoms with Gasteiger partial charge in [0.25, 0.3) is 0 Å².